The fourth-order valence-electron chi connectivity index (χ4n) is 3.67. The highest BCUT2D eigenvalue weighted by Gasteiger charge is 2.23. The topological polar surface area (TPSA) is 74.8 Å². The molecular weight excluding hydrogens is 377 g/mol. The first-order valence-electron chi connectivity index (χ1n) is 9.55. The number of aromatic amines is 1. The molecule has 0 saturated heterocycles. The van der Waals surface area contributed by atoms with Crippen molar-refractivity contribution < 1.29 is 9.18 Å². The van der Waals surface area contributed by atoms with Gasteiger partial charge in [0, 0.05) is 29.8 Å². The smallest absolute Gasteiger partial charge is 0.259 e. The number of carbonyl (C=O) groups is 1. The molecule has 1 aliphatic rings. The van der Waals surface area contributed by atoms with Gasteiger partial charge in [0.15, 0.2) is 0 Å². The van der Waals surface area contributed by atoms with Gasteiger partial charge in [-0.25, -0.2) is 9.37 Å². The molecule has 146 valence electrons. The minimum Gasteiger partial charge on any atom is -0.352 e. The monoisotopic (exact) mass is 399 g/mol. The fourth-order valence-corrected chi connectivity index (χ4v) is 5.07. The Bertz CT molecular complexity index is 1090. The van der Waals surface area contributed by atoms with E-state index in [-0.39, 0.29) is 30.2 Å². The number of nitrogens with one attached hydrogen (secondary N) is 2. The maximum absolute atomic E-state index is 13.6. The van der Waals surface area contributed by atoms with Gasteiger partial charge in [0.25, 0.3) is 5.56 Å². The molecule has 5 nitrogen and oxygen atoms in total. The van der Waals surface area contributed by atoms with Gasteiger partial charge in [-0.1, -0.05) is 25.1 Å². The summed E-state index contributed by atoms with van der Waals surface area (Å²) in [5.74, 6) is 0.614. The highest BCUT2D eigenvalue weighted by molar-refractivity contribution is 7.18. The Kier molecular flexibility index (Phi) is 5.26. The Hall–Kier alpha value is -2.54. The van der Waals surface area contributed by atoms with Gasteiger partial charge >= 0.3 is 0 Å². The quantitative estimate of drug-likeness (QED) is 0.690. The van der Waals surface area contributed by atoms with Crippen LogP contribution in [0.25, 0.3) is 10.2 Å². The maximum Gasteiger partial charge on any atom is 0.259 e. The lowest BCUT2D eigenvalue weighted by molar-refractivity contribution is -0.121. The summed E-state index contributed by atoms with van der Waals surface area (Å²) in [6.07, 6.45) is 3.56. The number of nitrogens with zero attached hydrogens (tertiary/aromatic N) is 1. The Morgan fingerprint density at radius 1 is 1.39 bits per heavy atom. The van der Waals surface area contributed by atoms with Crippen molar-refractivity contribution in [2.24, 2.45) is 5.92 Å². The molecule has 2 heterocycles. The van der Waals surface area contributed by atoms with Crippen LogP contribution < -0.4 is 10.9 Å². The highest BCUT2D eigenvalue weighted by Crippen LogP contribution is 2.35. The van der Waals surface area contributed by atoms with Crippen molar-refractivity contribution in [3.63, 3.8) is 0 Å². The number of rotatable bonds is 5. The van der Waals surface area contributed by atoms with E-state index in [1.54, 1.807) is 29.5 Å². The molecule has 4 rings (SSSR count). The molecule has 1 aliphatic carbocycles. The van der Waals surface area contributed by atoms with E-state index in [1.165, 1.54) is 10.9 Å². The van der Waals surface area contributed by atoms with Crippen LogP contribution in [0.4, 0.5) is 4.39 Å². The average molecular weight is 399 g/mol. The van der Waals surface area contributed by atoms with Crippen molar-refractivity contribution in [1.82, 2.24) is 15.3 Å². The number of halogens is 1. The van der Waals surface area contributed by atoms with E-state index >= 15 is 0 Å². The van der Waals surface area contributed by atoms with Crippen LogP contribution in [0.2, 0.25) is 0 Å². The summed E-state index contributed by atoms with van der Waals surface area (Å²) in [6, 6.07) is 6.35. The number of hydrogen-bond donors (Lipinski definition) is 2. The Balaban J connectivity index is 1.43. The molecule has 2 N–H and O–H groups in total. The number of fused-ring (bicyclic) bond motifs is 3. The van der Waals surface area contributed by atoms with Gasteiger partial charge in [0.2, 0.25) is 5.91 Å². The largest absolute Gasteiger partial charge is 0.352 e. The number of aryl methyl sites for hydroxylation is 2. The second kappa shape index (κ2) is 7.83. The molecule has 3 aromatic rings. The van der Waals surface area contributed by atoms with Gasteiger partial charge in [0.1, 0.15) is 16.5 Å². The molecule has 0 bridgehead atoms. The number of thiophene rings is 1. The van der Waals surface area contributed by atoms with Crippen LogP contribution >= 0.6 is 11.3 Å². The maximum atomic E-state index is 13.6. The molecule has 0 unspecified atom stereocenters. The number of aromatic nitrogens is 2. The average Bonchev–Trinajstić information content (AvgIpc) is 3.03. The normalized spacial score (nSPS) is 16.1. The number of H-pyrrole nitrogens is 1. The molecule has 2 aromatic heterocycles. The van der Waals surface area contributed by atoms with Crippen LogP contribution in [0, 0.1) is 11.7 Å². The Labute approximate surface area is 166 Å². The minimum atomic E-state index is -0.338. The van der Waals surface area contributed by atoms with Gasteiger partial charge in [-0.15, -0.1) is 11.3 Å². The molecule has 0 radical (unpaired) electrons. The molecule has 0 spiro atoms. The molecule has 0 saturated carbocycles. The molecule has 28 heavy (non-hydrogen) atoms. The zero-order valence-electron chi connectivity index (χ0n) is 15.7. The van der Waals surface area contributed by atoms with E-state index in [9.17, 15) is 14.0 Å². The number of hydrogen-bond acceptors (Lipinski definition) is 4. The highest BCUT2D eigenvalue weighted by atomic mass is 32.1. The first-order valence-corrected chi connectivity index (χ1v) is 10.4. The number of amides is 1. The summed E-state index contributed by atoms with van der Waals surface area (Å²) in [5.41, 5.74) is 1.49. The molecule has 0 aliphatic heterocycles. The van der Waals surface area contributed by atoms with Crippen molar-refractivity contribution in [2.45, 2.75) is 45.6 Å². The fraction of sp³-hybridized carbons (Fsp3) is 0.381. The van der Waals surface area contributed by atoms with Crippen molar-refractivity contribution in [1.29, 1.82) is 0 Å². The van der Waals surface area contributed by atoms with Crippen LogP contribution in [0.3, 0.4) is 0 Å². The van der Waals surface area contributed by atoms with Crippen molar-refractivity contribution in [3.05, 3.63) is 62.3 Å². The lowest BCUT2D eigenvalue weighted by atomic mass is 9.89. The third-order valence-electron chi connectivity index (χ3n) is 5.24. The number of benzene rings is 1. The summed E-state index contributed by atoms with van der Waals surface area (Å²) in [5, 5.41) is 3.43. The molecule has 1 aromatic carbocycles. The third-order valence-corrected chi connectivity index (χ3v) is 6.39. The van der Waals surface area contributed by atoms with Crippen molar-refractivity contribution in [2.75, 3.05) is 0 Å². The standard InChI is InChI=1S/C21H22FN3O2S/c1-12-6-7-14-16(10-12)28-21-19(14)20(27)24-17(25-21)8-9-18(26)23-11-13-4-2-3-5-15(13)22/h2-5,12H,6-11H2,1H3,(H,23,26)(H,24,25,27)/t12-/m0/s1. The first kappa shape index (κ1) is 18.8. The van der Waals surface area contributed by atoms with E-state index in [0.29, 0.717) is 23.7 Å². The molecule has 1 atom stereocenters. The molecule has 0 fully saturated rings. The zero-order valence-corrected chi connectivity index (χ0v) is 16.5. The zero-order chi connectivity index (χ0) is 19.7. The Morgan fingerprint density at radius 2 is 2.21 bits per heavy atom. The van der Waals surface area contributed by atoms with Crippen LogP contribution in [0.1, 0.15) is 41.6 Å². The van der Waals surface area contributed by atoms with Crippen LogP contribution in [-0.4, -0.2) is 15.9 Å². The predicted octanol–water partition coefficient (Wildman–Crippen LogP) is 3.50. The van der Waals surface area contributed by atoms with Gasteiger partial charge in [-0.2, -0.15) is 0 Å². The van der Waals surface area contributed by atoms with Gasteiger partial charge < -0.3 is 10.3 Å². The van der Waals surface area contributed by atoms with E-state index in [0.717, 1.165) is 35.0 Å². The second-order valence-electron chi connectivity index (χ2n) is 7.41. The third kappa shape index (κ3) is 3.85. The summed E-state index contributed by atoms with van der Waals surface area (Å²) in [7, 11) is 0. The summed E-state index contributed by atoms with van der Waals surface area (Å²) in [6.45, 7) is 2.38. The number of carbonyl (C=O) groups excluding carboxylic acids is 1. The van der Waals surface area contributed by atoms with Crippen molar-refractivity contribution in [3.8, 4) is 0 Å². The SMILES string of the molecule is C[C@H]1CCc2c(sc3nc(CCC(=O)NCc4ccccc4F)[nH]c(=O)c23)C1. The second-order valence-corrected chi connectivity index (χ2v) is 8.50. The predicted molar refractivity (Wildman–Crippen MR) is 108 cm³/mol. The van der Waals surface area contributed by atoms with Gasteiger partial charge in [-0.3, -0.25) is 9.59 Å². The molecular formula is C21H22FN3O2S. The van der Waals surface area contributed by atoms with Gasteiger partial charge in [0.05, 0.1) is 5.39 Å². The van der Waals surface area contributed by atoms with Crippen LogP contribution in [0.15, 0.2) is 29.1 Å². The van der Waals surface area contributed by atoms with Crippen LogP contribution in [-0.2, 0) is 30.6 Å². The first-order chi connectivity index (χ1) is 13.5. The van der Waals surface area contributed by atoms with E-state index in [2.05, 4.69) is 22.2 Å². The summed E-state index contributed by atoms with van der Waals surface area (Å²) in [4.78, 5) is 34.1. The lowest BCUT2D eigenvalue weighted by Gasteiger charge is -2.17. The van der Waals surface area contributed by atoms with E-state index < -0.39 is 0 Å². The van der Waals surface area contributed by atoms with E-state index in [1.807, 2.05) is 0 Å². The Morgan fingerprint density at radius 3 is 3.04 bits per heavy atom. The summed E-state index contributed by atoms with van der Waals surface area (Å²) >= 11 is 1.60. The molecule has 7 heteroatoms. The minimum absolute atomic E-state index is 0.112. The van der Waals surface area contributed by atoms with Crippen LogP contribution in [0.5, 0.6) is 0 Å². The molecule has 1 amide bonds. The van der Waals surface area contributed by atoms with Gasteiger partial charge in [-0.05, 0) is 36.8 Å². The van der Waals surface area contributed by atoms with Crippen molar-refractivity contribution >= 4 is 27.5 Å². The summed E-state index contributed by atoms with van der Waals surface area (Å²) < 4.78 is 13.6. The lowest BCUT2D eigenvalue weighted by Crippen LogP contribution is -2.24. The van der Waals surface area contributed by atoms with E-state index in [4.69, 9.17) is 0 Å².